The van der Waals surface area contributed by atoms with E-state index in [1.165, 1.54) is 6.07 Å². The number of nitrogens with one attached hydrogen (secondary N) is 2. The lowest BCUT2D eigenvalue weighted by Gasteiger charge is -2.31. The summed E-state index contributed by atoms with van der Waals surface area (Å²) in [5.41, 5.74) is 1.53. The van der Waals surface area contributed by atoms with Crippen LogP contribution in [0.4, 0.5) is 17.6 Å². The van der Waals surface area contributed by atoms with E-state index in [9.17, 15) is 17.6 Å². The summed E-state index contributed by atoms with van der Waals surface area (Å²) in [5, 5.41) is 6.35. The van der Waals surface area contributed by atoms with E-state index in [2.05, 4.69) is 15.6 Å². The normalized spacial score (nSPS) is 21.4. The molecule has 0 spiro atoms. The molecule has 0 atom stereocenters. The highest BCUT2D eigenvalue weighted by Gasteiger charge is 2.41. The Morgan fingerprint density at radius 1 is 1.19 bits per heavy atom. The van der Waals surface area contributed by atoms with Gasteiger partial charge in [0.2, 0.25) is 0 Å². The third kappa shape index (κ3) is 6.68. The fourth-order valence-electron chi connectivity index (χ4n) is 3.34. The lowest BCUT2D eigenvalue weighted by atomic mass is 9.85. The molecule has 0 unspecified atom stereocenters. The molecule has 0 heterocycles. The first-order chi connectivity index (χ1) is 12.7. The maximum atomic E-state index is 13.9. The van der Waals surface area contributed by atoms with Crippen LogP contribution >= 0.6 is 0 Å². The van der Waals surface area contributed by atoms with Gasteiger partial charge in [0.15, 0.2) is 5.96 Å². The van der Waals surface area contributed by atoms with Gasteiger partial charge in [-0.1, -0.05) is 6.07 Å². The molecule has 152 valence electrons. The van der Waals surface area contributed by atoms with Crippen molar-refractivity contribution in [3.05, 3.63) is 35.1 Å². The highest BCUT2D eigenvalue weighted by Crippen LogP contribution is 2.37. The Bertz CT molecular complexity index is 635. The fraction of sp³-hybridized carbons (Fsp3) is 0.632. The van der Waals surface area contributed by atoms with E-state index in [4.69, 9.17) is 0 Å². The zero-order chi connectivity index (χ0) is 20.0. The summed E-state index contributed by atoms with van der Waals surface area (Å²) in [6.07, 6.45) is -2.88. The van der Waals surface area contributed by atoms with Crippen molar-refractivity contribution in [2.75, 3.05) is 21.1 Å². The molecule has 8 heteroatoms. The van der Waals surface area contributed by atoms with Gasteiger partial charge in [-0.25, -0.2) is 4.39 Å². The predicted molar refractivity (Wildman–Crippen MR) is 98.9 cm³/mol. The molecule has 27 heavy (non-hydrogen) atoms. The summed E-state index contributed by atoms with van der Waals surface area (Å²) in [5.74, 6) is -0.889. The molecule has 1 aliphatic carbocycles. The number of nitrogens with zero attached hydrogens (tertiary/aromatic N) is 2. The molecule has 1 saturated carbocycles. The molecule has 0 aromatic heterocycles. The molecule has 0 radical (unpaired) electrons. The maximum Gasteiger partial charge on any atom is 0.391 e. The molecular weight excluding hydrogens is 360 g/mol. The Kier molecular flexibility index (Phi) is 7.47. The second-order valence-electron chi connectivity index (χ2n) is 7.32. The van der Waals surface area contributed by atoms with Gasteiger partial charge < -0.3 is 15.5 Å². The van der Waals surface area contributed by atoms with E-state index in [-0.39, 0.29) is 24.7 Å². The molecular formula is C19H28F4N4. The maximum absolute atomic E-state index is 13.9. The Balaban J connectivity index is 1.86. The predicted octanol–water partition coefficient (Wildman–Crippen LogP) is 3.67. The Morgan fingerprint density at radius 3 is 2.41 bits per heavy atom. The number of hydrogen-bond donors (Lipinski definition) is 2. The second kappa shape index (κ2) is 9.39. The zero-order valence-electron chi connectivity index (χ0n) is 16.0. The van der Waals surface area contributed by atoms with Crippen molar-refractivity contribution < 1.29 is 17.6 Å². The number of aliphatic imine (C=N–C) groups is 1. The Morgan fingerprint density at radius 2 is 1.85 bits per heavy atom. The molecule has 0 amide bonds. The minimum absolute atomic E-state index is 0.0210. The molecule has 4 nitrogen and oxygen atoms in total. The van der Waals surface area contributed by atoms with Crippen LogP contribution in [-0.4, -0.2) is 44.2 Å². The molecule has 1 fully saturated rings. The van der Waals surface area contributed by atoms with Gasteiger partial charge >= 0.3 is 6.18 Å². The van der Waals surface area contributed by atoms with Crippen LogP contribution in [0.25, 0.3) is 0 Å². The molecule has 0 saturated heterocycles. The summed E-state index contributed by atoms with van der Waals surface area (Å²) in [7, 11) is 5.38. The number of guanidine groups is 1. The van der Waals surface area contributed by atoms with Gasteiger partial charge in [0.1, 0.15) is 5.82 Å². The minimum atomic E-state index is -4.10. The van der Waals surface area contributed by atoms with E-state index < -0.39 is 12.1 Å². The Labute approximate surface area is 158 Å². The van der Waals surface area contributed by atoms with Crippen LogP contribution in [0.1, 0.15) is 36.8 Å². The largest absolute Gasteiger partial charge is 0.391 e. The first-order valence-electron chi connectivity index (χ1n) is 9.15. The van der Waals surface area contributed by atoms with Crippen molar-refractivity contribution in [3.8, 4) is 0 Å². The molecule has 1 aromatic rings. The average Bonchev–Trinajstić information content (AvgIpc) is 2.60. The van der Waals surface area contributed by atoms with Crippen LogP contribution < -0.4 is 10.6 Å². The lowest BCUT2D eigenvalue weighted by molar-refractivity contribution is -0.182. The van der Waals surface area contributed by atoms with Gasteiger partial charge in [-0.05, 0) is 57.5 Å². The number of benzene rings is 1. The number of hydrogen-bond acceptors (Lipinski definition) is 2. The summed E-state index contributed by atoms with van der Waals surface area (Å²) >= 11 is 0. The Hall–Kier alpha value is -1.83. The molecule has 2 N–H and O–H groups in total. The number of halogens is 4. The van der Waals surface area contributed by atoms with Crippen molar-refractivity contribution in [2.45, 2.75) is 51.0 Å². The smallest absolute Gasteiger partial charge is 0.354 e. The van der Waals surface area contributed by atoms with Crippen LogP contribution in [0.2, 0.25) is 0 Å². The average molecular weight is 388 g/mol. The molecule has 2 rings (SSSR count). The third-order valence-corrected chi connectivity index (χ3v) is 4.81. The molecule has 0 aliphatic heterocycles. The minimum Gasteiger partial charge on any atom is -0.354 e. The van der Waals surface area contributed by atoms with Crippen LogP contribution in [0, 0.1) is 11.7 Å². The van der Waals surface area contributed by atoms with Gasteiger partial charge in [-0.3, -0.25) is 4.99 Å². The second-order valence-corrected chi connectivity index (χ2v) is 7.32. The lowest BCUT2D eigenvalue weighted by Crippen LogP contribution is -2.45. The summed E-state index contributed by atoms with van der Waals surface area (Å²) in [6, 6.07) is 4.95. The summed E-state index contributed by atoms with van der Waals surface area (Å²) in [6.45, 7) is 0.966. The van der Waals surface area contributed by atoms with Gasteiger partial charge in [-0.15, -0.1) is 0 Å². The number of alkyl halides is 3. The quantitative estimate of drug-likeness (QED) is 0.459. The summed E-state index contributed by atoms with van der Waals surface area (Å²) in [4.78, 5) is 6.04. The van der Waals surface area contributed by atoms with E-state index in [1.54, 1.807) is 13.1 Å². The molecule has 0 bridgehead atoms. The van der Waals surface area contributed by atoms with Gasteiger partial charge in [0, 0.05) is 31.7 Å². The van der Waals surface area contributed by atoms with Crippen LogP contribution in [0.15, 0.2) is 23.2 Å². The third-order valence-electron chi connectivity index (χ3n) is 4.81. The van der Waals surface area contributed by atoms with Crippen LogP contribution in [0.3, 0.4) is 0 Å². The van der Waals surface area contributed by atoms with Crippen molar-refractivity contribution in [3.63, 3.8) is 0 Å². The SMILES string of the molecule is CN=C(NCc1ccc(F)c(CN(C)C)c1)NC1CCC(C(F)(F)F)CC1. The number of rotatable bonds is 5. The highest BCUT2D eigenvalue weighted by molar-refractivity contribution is 5.79. The first-order valence-corrected chi connectivity index (χ1v) is 9.15. The van der Waals surface area contributed by atoms with Crippen molar-refractivity contribution in [2.24, 2.45) is 10.9 Å². The first kappa shape index (κ1) is 21.5. The van der Waals surface area contributed by atoms with Crippen LogP contribution in [0.5, 0.6) is 0 Å². The van der Waals surface area contributed by atoms with E-state index in [0.717, 1.165) is 5.56 Å². The molecule has 1 aliphatic rings. The monoisotopic (exact) mass is 388 g/mol. The zero-order valence-corrected chi connectivity index (χ0v) is 16.0. The summed E-state index contributed by atoms with van der Waals surface area (Å²) < 4.78 is 52.1. The molecule has 1 aromatic carbocycles. The van der Waals surface area contributed by atoms with Crippen LogP contribution in [-0.2, 0) is 13.1 Å². The highest BCUT2D eigenvalue weighted by atomic mass is 19.4. The van der Waals surface area contributed by atoms with Crippen molar-refractivity contribution in [1.82, 2.24) is 15.5 Å². The van der Waals surface area contributed by atoms with Gasteiger partial charge in [-0.2, -0.15) is 13.2 Å². The van der Waals surface area contributed by atoms with E-state index >= 15 is 0 Å². The topological polar surface area (TPSA) is 39.7 Å². The van der Waals surface area contributed by atoms with Gasteiger partial charge in [0.05, 0.1) is 5.92 Å². The van der Waals surface area contributed by atoms with Crippen molar-refractivity contribution >= 4 is 5.96 Å². The van der Waals surface area contributed by atoms with Crippen molar-refractivity contribution in [1.29, 1.82) is 0 Å². The van der Waals surface area contributed by atoms with Gasteiger partial charge in [0.25, 0.3) is 0 Å². The van der Waals surface area contributed by atoms with E-state index in [0.29, 0.717) is 37.5 Å². The van der Waals surface area contributed by atoms with E-state index in [1.807, 2.05) is 25.1 Å². The standard InChI is InChI=1S/C19H28F4N4/c1-24-18(26-16-7-5-15(6-8-16)19(21,22)23)25-11-13-4-9-17(20)14(10-13)12-27(2)3/h4,9-10,15-16H,5-8,11-12H2,1-3H3,(H2,24,25,26). The fourth-order valence-corrected chi connectivity index (χ4v) is 3.34.